The van der Waals surface area contributed by atoms with Gasteiger partial charge in [0.2, 0.25) is 0 Å². The van der Waals surface area contributed by atoms with E-state index in [9.17, 15) is 4.39 Å². The van der Waals surface area contributed by atoms with Crippen molar-refractivity contribution in [3.05, 3.63) is 29.6 Å². The first-order valence-corrected chi connectivity index (χ1v) is 7.14. The molecule has 2 rings (SSSR count). The number of amidine groups is 2. The van der Waals surface area contributed by atoms with Crippen molar-refractivity contribution in [1.29, 1.82) is 0 Å². The molecular formula is C15H22FN5O. The van der Waals surface area contributed by atoms with Gasteiger partial charge in [-0.15, -0.1) is 0 Å². The highest BCUT2D eigenvalue weighted by Crippen LogP contribution is 2.26. The van der Waals surface area contributed by atoms with Crippen LogP contribution >= 0.6 is 0 Å². The molecule has 0 saturated heterocycles. The van der Waals surface area contributed by atoms with Gasteiger partial charge in [-0.25, -0.2) is 20.2 Å². The van der Waals surface area contributed by atoms with E-state index in [1.807, 2.05) is 20.8 Å². The number of ether oxygens (including phenoxy) is 1. The van der Waals surface area contributed by atoms with Crippen molar-refractivity contribution < 1.29 is 9.13 Å². The van der Waals surface area contributed by atoms with E-state index >= 15 is 0 Å². The zero-order valence-corrected chi connectivity index (χ0v) is 13.2. The number of aliphatic imine (C=N–C) groups is 2. The lowest BCUT2D eigenvalue weighted by molar-refractivity contribution is 0.317. The average Bonchev–Trinajstić information content (AvgIpc) is 2.49. The third-order valence-corrected chi connectivity index (χ3v) is 3.62. The van der Waals surface area contributed by atoms with E-state index in [4.69, 9.17) is 16.3 Å². The number of methoxy groups -OCH3 is 1. The summed E-state index contributed by atoms with van der Waals surface area (Å²) in [6, 6.07) is 4.71. The van der Waals surface area contributed by atoms with Gasteiger partial charge in [-0.2, -0.15) is 0 Å². The smallest absolute Gasteiger partial charge is 0.190 e. The second-order valence-electron chi connectivity index (χ2n) is 5.55. The van der Waals surface area contributed by atoms with E-state index in [2.05, 4.69) is 9.98 Å². The van der Waals surface area contributed by atoms with Crippen LogP contribution < -0.4 is 16.3 Å². The Labute approximate surface area is 129 Å². The summed E-state index contributed by atoms with van der Waals surface area (Å²) in [4.78, 5) is 8.84. The molecule has 120 valence electrons. The van der Waals surface area contributed by atoms with Gasteiger partial charge in [0.25, 0.3) is 0 Å². The van der Waals surface area contributed by atoms with Crippen LogP contribution in [0.2, 0.25) is 0 Å². The fourth-order valence-corrected chi connectivity index (χ4v) is 2.27. The van der Waals surface area contributed by atoms with Gasteiger partial charge in [-0.05, 0) is 17.7 Å². The molecular weight excluding hydrogens is 285 g/mol. The molecule has 0 aromatic heterocycles. The lowest BCUT2D eigenvalue weighted by atomic mass is 9.99. The van der Waals surface area contributed by atoms with Crippen LogP contribution in [0.3, 0.4) is 0 Å². The fourth-order valence-electron chi connectivity index (χ4n) is 2.27. The highest BCUT2D eigenvalue weighted by Gasteiger charge is 2.26. The Morgan fingerprint density at radius 2 is 2.00 bits per heavy atom. The molecule has 2 unspecified atom stereocenters. The summed E-state index contributed by atoms with van der Waals surface area (Å²) < 4.78 is 18.5. The number of hydrogen-bond donors (Lipinski definition) is 2. The Morgan fingerprint density at radius 1 is 1.32 bits per heavy atom. The average molecular weight is 307 g/mol. The van der Waals surface area contributed by atoms with E-state index in [-0.39, 0.29) is 17.6 Å². The Bertz CT molecular complexity index is 614. The first kappa shape index (κ1) is 16.4. The summed E-state index contributed by atoms with van der Waals surface area (Å²) in [5, 5.41) is 1.37. The molecule has 1 heterocycles. The standard InChI is InChI=1S/C15H22FN5O/c1-8(2)14-19-13(20-15(17)21(14)18)9(3)10-5-6-11(16)12(7-10)22-4/h5-9,15H,17-18H2,1-4H3. The van der Waals surface area contributed by atoms with Gasteiger partial charge in [0.1, 0.15) is 11.7 Å². The normalized spacial score (nSPS) is 19.8. The monoisotopic (exact) mass is 307 g/mol. The summed E-state index contributed by atoms with van der Waals surface area (Å²) in [6.45, 7) is 5.91. The molecule has 1 aromatic carbocycles. The zero-order chi connectivity index (χ0) is 16.4. The minimum Gasteiger partial charge on any atom is -0.494 e. The van der Waals surface area contributed by atoms with E-state index in [0.29, 0.717) is 11.7 Å². The fraction of sp³-hybridized carbons (Fsp3) is 0.467. The minimum atomic E-state index is -0.672. The van der Waals surface area contributed by atoms with Gasteiger partial charge in [-0.3, -0.25) is 10.7 Å². The number of rotatable bonds is 4. The van der Waals surface area contributed by atoms with Gasteiger partial charge in [0, 0.05) is 11.8 Å². The Kier molecular flexibility index (Phi) is 4.77. The quantitative estimate of drug-likeness (QED) is 0.830. The van der Waals surface area contributed by atoms with Gasteiger partial charge in [-0.1, -0.05) is 26.8 Å². The molecule has 0 saturated carbocycles. The molecule has 4 N–H and O–H groups in total. The molecule has 6 nitrogen and oxygen atoms in total. The van der Waals surface area contributed by atoms with Crippen LogP contribution in [-0.2, 0) is 0 Å². The lowest BCUT2D eigenvalue weighted by Gasteiger charge is -2.31. The van der Waals surface area contributed by atoms with Crippen LogP contribution in [-0.4, -0.2) is 30.1 Å². The Morgan fingerprint density at radius 3 is 2.59 bits per heavy atom. The number of hydrazine groups is 1. The van der Waals surface area contributed by atoms with E-state index in [1.165, 1.54) is 18.2 Å². The molecule has 0 amide bonds. The van der Waals surface area contributed by atoms with E-state index in [0.717, 1.165) is 5.56 Å². The van der Waals surface area contributed by atoms with Gasteiger partial charge >= 0.3 is 0 Å². The van der Waals surface area contributed by atoms with Crippen molar-refractivity contribution >= 4 is 11.7 Å². The molecule has 0 spiro atoms. The predicted octanol–water partition coefficient (Wildman–Crippen LogP) is 1.82. The molecule has 2 atom stereocenters. The molecule has 0 bridgehead atoms. The van der Waals surface area contributed by atoms with Crippen molar-refractivity contribution in [2.45, 2.75) is 33.0 Å². The summed E-state index contributed by atoms with van der Waals surface area (Å²) in [6.07, 6.45) is -0.672. The molecule has 1 aliphatic heterocycles. The third-order valence-electron chi connectivity index (χ3n) is 3.62. The minimum absolute atomic E-state index is 0.122. The summed E-state index contributed by atoms with van der Waals surface area (Å²) in [5.74, 6) is 6.91. The highest BCUT2D eigenvalue weighted by molar-refractivity contribution is 6.02. The van der Waals surface area contributed by atoms with Crippen LogP contribution in [0.1, 0.15) is 32.3 Å². The van der Waals surface area contributed by atoms with E-state index in [1.54, 1.807) is 12.1 Å². The maximum atomic E-state index is 13.5. The molecule has 22 heavy (non-hydrogen) atoms. The van der Waals surface area contributed by atoms with Crippen molar-refractivity contribution in [2.24, 2.45) is 27.5 Å². The maximum Gasteiger partial charge on any atom is 0.190 e. The van der Waals surface area contributed by atoms with Crippen molar-refractivity contribution in [3.63, 3.8) is 0 Å². The van der Waals surface area contributed by atoms with Crippen LogP contribution in [0.4, 0.5) is 4.39 Å². The van der Waals surface area contributed by atoms with Crippen LogP contribution in [0.15, 0.2) is 28.2 Å². The summed E-state index contributed by atoms with van der Waals surface area (Å²) in [7, 11) is 1.43. The number of hydrogen-bond acceptors (Lipinski definition) is 6. The molecule has 7 heteroatoms. The lowest BCUT2D eigenvalue weighted by Crippen LogP contribution is -2.53. The zero-order valence-electron chi connectivity index (χ0n) is 13.2. The van der Waals surface area contributed by atoms with Crippen molar-refractivity contribution in [1.82, 2.24) is 5.01 Å². The third kappa shape index (κ3) is 3.10. The molecule has 0 fully saturated rings. The predicted molar refractivity (Wildman–Crippen MR) is 85.1 cm³/mol. The highest BCUT2D eigenvalue weighted by atomic mass is 19.1. The van der Waals surface area contributed by atoms with Crippen molar-refractivity contribution in [3.8, 4) is 5.75 Å². The molecule has 0 radical (unpaired) electrons. The Balaban J connectivity index is 2.36. The molecule has 1 aromatic rings. The topological polar surface area (TPSA) is 89.2 Å². The number of nitrogens with zero attached hydrogens (tertiary/aromatic N) is 3. The Hall–Kier alpha value is -1.99. The summed E-state index contributed by atoms with van der Waals surface area (Å²) >= 11 is 0. The number of nitrogens with two attached hydrogens (primary N) is 2. The van der Waals surface area contributed by atoms with Crippen LogP contribution in [0.5, 0.6) is 5.75 Å². The number of halogens is 1. The first-order chi connectivity index (χ1) is 10.3. The SMILES string of the molecule is COc1cc(C(C)C2=NC(N)N(N)C(C(C)C)=N2)ccc1F. The van der Waals surface area contributed by atoms with Gasteiger partial charge in [0.15, 0.2) is 17.9 Å². The van der Waals surface area contributed by atoms with E-state index < -0.39 is 12.1 Å². The van der Waals surface area contributed by atoms with Crippen LogP contribution in [0, 0.1) is 11.7 Å². The van der Waals surface area contributed by atoms with Gasteiger partial charge in [0.05, 0.1) is 7.11 Å². The largest absolute Gasteiger partial charge is 0.494 e. The number of benzene rings is 1. The van der Waals surface area contributed by atoms with Crippen molar-refractivity contribution in [2.75, 3.05) is 7.11 Å². The second kappa shape index (κ2) is 6.41. The maximum absolute atomic E-state index is 13.5. The molecule has 0 aliphatic carbocycles. The summed E-state index contributed by atoms with van der Waals surface area (Å²) in [5.41, 5.74) is 6.79. The molecule has 1 aliphatic rings. The van der Waals surface area contributed by atoms with Gasteiger partial charge < -0.3 is 4.74 Å². The van der Waals surface area contributed by atoms with Crippen LogP contribution in [0.25, 0.3) is 0 Å². The first-order valence-electron chi connectivity index (χ1n) is 7.14. The second-order valence-corrected chi connectivity index (χ2v) is 5.55.